The first-order chi connectivity index (χ1) is 7.69. The largest absolute Gasteiger partial charge is 0.489 e. The third-order valence-corrected chi connectivity index (χ3v) is 2.76. The summed E-state index contributed by atoms with van der Waals surface area (Å²) < 4.78 is 17.6. The molecule has 0 aliphatic carbocycles. The van der Waals surface area contributed by atoms with Gasteiger partial charge in [-0.3, -0.25) is 0 Å². The third-order valence-electron chi connectivity index (χ3n) is 2.44. The van der Waals surface area contributed by atoms with Gasteiger partial charge in [-0.1, -0.05) is 26.0 Å². The van der Waals surface area contributed by atoms with Gasteiger partial charge >= 0.3 is 0 Å². The number of ether oxygens (including phenoxy) is 1. The minimum absolute atomic E-state index is 0.247. The highest BCUT2D eigenvalue weighted by molar-refractivity contribution is 9.11. The third kappa shape index (κ3) is 3.63. The first-order valence-electron chi connectivity index (χ1n) is 5.43. The molecule has 0 atom stereocenters. The molecule has 0 saturated carbocycles. The molecule has 0 unspecified atom stereocenters. The van der Waals surface area contributed by atoms with E-state index in [2.05, 4.69) is 35.8 Å². The molecule has 0 amide bonds. The van der Waals surface area contributed by atoms with Gasteiger partial charge in [-0.15, -0.1) is 0 Å². The van der Waals surface area contributed by atoms with Crippen LogP contribution in [-0.2, 0) is 12.8 Å². The van der Waals surface area contributed by atoms with Gasteiger partial charge in [-0.05, 0) is 52.0 Å². The second kappa shape index (κ2) is 6.69. The Hall–Kier alpha value is -0.830. The van der Waals surface area contributed by atoms with Crippen LogP contribution < -0.4 is 4.74 Å². The lowest BCUT2D eigenvalue weighted by Crippen LogP contribution is -2.00. The van der Waals surface area contributed by atoms with Crippen LogP contribution in [0.4, 0.5) is 4.39 Å². The molecule has 0 spiro atoms. The summed E-state index contributed by atoms with van der Waals surface area (Å²) in [4.78, 5) is 0. The Labute approximate surface area is 104 Å². The predicted octanol–water partition coefficient (Wildman–Crippen LogP) is 4.40. The number of hydrogen-bond acceptors (Lipinski definition) is 1. The van der Waals surface area contributed by atoms with Crippen LogP contribution in [0.1, 0.15) is 25.0 Å². The van der Waals surface area contributed by atoms with Gasteiger partial charge < -0.3 is 4.74 Å². The normalized spacial score (nSPS) is 11.6. The molecule has 0 N–H and O–H groups in total. The predicted molar refractivity (Wildman–Crippen MR) is 68.8 cm³/mol. The fraction of sp³-hybridized carbons (Fsp3) is 0.385. The second-order valence-electron chi connectivity index (χ2n) is 3.41. The van der Waals surface area contributed by atoms with Crippen LogP contribution in [0.15, 0.2) is 29.0 Å². The van der Waals surface area contributed by atoms with E-state index in [9.17, 15) is 4.39 Å². The number of benzene rings is 1. The van der Waals surface area contributed by atoms with E-state index >= 15 is 0 Å². The molecule has 1 rings (SSSR count). The lowest BCUT2D eigenvalue weighted by Gasteiger charge is -2.12. The van der Waals surface area contributed by atoms with Gasteiger partial charge in [0.05, 0.1) is 0 Å². The van der Waals surface area contributed by atoms with E-state index in [1.807, 2.05) is 12.1 Å². The molecule has 0 aliphatic rings. The quantitative estimate of drug-likeness (QED) is 0.780. The monoisotopic (exact) mass is 286 g/mol. The van der Waals surface area contributed by atoms with E-state index in [0.29, 0.717) is 0 Å². The van der Waals surface area contributed by atoms with Gasteiger partial charge in [0.25, 0.3) is 0 Å². The van der Waals surface area contributed by atoms with Crippen molar-refractivity contribution in [3.63, 3.8) is 0 Å². The molecule has 0 heterocycles. The van der Waals surface area contributed by atoms with E-state index in [0.717, 1.165) is 18.6 Å². The van der Waals surface area contributed by atoms with Crippen LogP contribution in [0.25, 0.3) is 0 Å². The summed E-state index contributed by atoms with van der Waals surface area (Å²) in [5.41, 5.74) is 2.51. The van der Waals surface area contributed by atoms with E-state index in [1.165, 1.54) is 17.2 Å². The van der Waals surface area contributed by atoms with Crippen LogP contribution in [0.5, 0.6) is 5.75 Å². The van der Waals surface area contributed by atoms with Crippen molar-refractivity contribution < 1.29 is 9.13 Å². The highest BCUT2D eigenvalue weighted by Crippen LogP contribution is 2.23. The Bertz CT molecular complexity index is 370. The van der Waals surface area contributed by atoms with Crippen molar-refractivity contribution in [1.82, 2.24) is 0 Å². The molecule has 88 valence electrons. The van der Waals surface area contributed by atoms with Crippen molar-refractivity contribution in [3.8, 4) is 5.75 Å². The van der Waals surface area contributed by atoms with E-state index in [1.54, 1.807) is 0 Å². The minimum Gasteiger partial charge on any atom is -0.489 e. The van der Waals surface area contributed by atoms with Crippen LogP contribution >= 0.6 is 15.9 Å². The molecule has 16 heavy (non-hydrogen) atoms. The average molecular weight is 287 g/mol. The SMILES string of the molecule is CCc1cccc(OCC=C(F)Br)c1CC. The molecular weight excluding hydrogens is 271 g/mol. The molecule has 0 aliphatic heterocycles. The van der Waals surface area contributed by atoms with Gasteiger partial charge in [-0.25, -0.2) is 0 Å². The Morgan fingerprint density at radius 1 is 1.38 bits per heavy atom. The van der Waals surface area contributed by atoms with Gasteiger partial charge in [0.2, 0.25) is 0 Å². The Kier molecular flexibility index (Phi) is 5.53. The summed E-state index contributed by atoms with van der Waals surface area (Å²) in [6, 6.07) is 6.01. The van der Waals surface area contributed by atoms with E-state index in [-0.39, 0.29) is 6.61 Å². The number of halogens is 2. The molecule has 1 nitrogen and oxygen atoms in total. The zero-order valence-corrected chi connectivity index (χ0v) is 11.2. The summed E-state index contributed by atoms with van der Waals surface area (Å²) in [5.74, 6) is 0.854. The smallest absolute Gasteiger partial charge is 0.165 e. The Morgan fingerprint density at radius 2 is 2.12 bits per heavy atom. The highest BCUT2D eigenvalue weighted by Gasteiger charge is 2.05. The fourth-order valence-electron chi connectivity index (χ4n) is 1.67. The second-order valence-corrected chi connectivity index (χ2v) is 4.16. The standard InChI is InChI=1S/C13H16BrFO/c1-3-10-6-5-7-12(11(10)4-2)16-9-8-13(14)15/h5-8H,3-4,9H2,1-2H3. The molecule has 0 fully saturated rings. The van der Waals surface area contributed by atoms with Crippen LogP contribution in [-0.4, -0.2) is 6.61 Å². The van der Waals surface area contributed by atoms with Crippen molar-refractivity contribution >= 4 is 15.9 Å². The van der Waals surface area contributed by atoms with E-state index in [4.69, 9.17) is 4.74 Å². The Morgan fingerprint density at radius 3 is 2.69 bits per heavy atom. The molecule has 1 aromatic rings. The van der Waals surface area contributed by atoms with Crippen molar-refractivity contribution in [2.24, 2.45) is 0 Å². The maximum Gasteiger partial charge on any atom is 0.165 e. The summed E-state index contributed by atoms with van der Waals surface area (Å²) in [5, 5.41) is 0. The maximum atomic E-state index is 12.4. The molecule has 0 bridgehead atoms. The van der Waals surface area contributed by atoms with Gasteiger partial charge in [0, 0.05) is 0 Å². The Balaban J connectivity index is 2.82. The zero-order chi connectivity index (χ0) is 12.0. The molecule has 0 radical (unpaired) electrons. The van der Waals surface area contributed by atoms with Crippen molar-refractivity contribution in [2.75, 3.05) is 6.61 Å². The van der Waals surface area contributed by atoms with Crippen LogP contribution in [0.3, 0.4) is 0 Å². The molecule has 3 heteroatoms. The van der Waals surface area contributed by atoms with E-state index < -0.39 is 4.74 Å². The van der Waals surface area contributed by atoms with Gasteiger partial charge in [-0.2, -0.15) is 4.39 Å². The highest BCUT2D eigenvalue weighted by atomic mass is 79.9. The van der Waals surface area contributed by atoms with Crippen molar-refractivity contribution in [3.05, 3.63) is 40.1 Å². The summed E-state index contributed by atoms with van der Waals surface area (Å²) >= 11 is 2.73. The first kappa shape index (κ1) is 13.2. The summed E-state index contributed by atoms with van der Waals surface area (Å²) in [6.45, 7) is 4.47. The first-order valence-corrected chi connectivity index (χ1v) is 6.23. The van der Waals surface area contributed by atoms with Crippen LogP contribution in [0.2, 0.25) is 0 Å². The van der Waals surface area contributed by atoms with Crippen LogP contribution in [0, 0.1) is 0 Å². The number of hydrogen-bond donors (Lipinski definition) is 0. The topological polar surface area (TPSA) is 9.23 Å². The lowest BCUT2D eigenvalue weighted by molar-refractivity contribution is 0.356. The summed E-state index contributed by atoms with van der Waals surface area (Å²) in [7, 11) is 0. The van der Waals surface area contributed by atoms with Gasteiger partial charge in [0.15, 0.2) is 4.74 Å². The molecule has 0 aromatic heterocycles. The number of aryl methyl sites for hydroxylation is 1. The van der Waals surface area contributed by atoms with Crippen molar-refractivity contribution in [1.29, 1.82) is 0 Å². The van der Waals surface area contributed by atoms with Crippen molar-refractivity contribution in [2.45, 2.75) is 26.7 Å². The summed E-state index contributed by atoms with van der Waals surface area (Å²) in [6.07, 6.45) is 3.28. The zero-order valence-electron chi connectivity index (χ0n) is 9.59. The molecule has 1 aromatic carbocycles. The maximum absolute atomic E-state index is 12.4. The molecular formula is C13H16BrFO. The fourth-order valence-corrected chi connectivity index (χ4v) is 1.81. The lowest BCUT2D eigenvalue weighted by atomic mass is 10.0. The number of rotatable bonds is 5. The average Bonchev–Trinajstić information content (AvgIpc) is 2.28. The minimum atomic E-state index is -0.391. The van der Waals surface area contributed by atoms with Gasteiger partial charge in [0.1, 0.15) is 12.4 Å². The molecule has 0 saturated heterocycles.